The molecule has 2 aromatic carbocycles. The van der Waals surface area contributed by atoms with E-state index in [-0.39, 0.29) is 11.5 Å². The normalized spacial score (nSPS) is 11.4. The fraction of sp³-hybridized carbons (Fsp3) is 0.238. The Labute approximate surface area is 164 Å². The van der Waals surface area contributed by atoms with Crippen molar-refractivity contribution < 1.29 is 8.78 Å². The van der Waals surface area contributed by atoms with Gasteiger partial charge in [0.15, 0.2) is 11.5 Å². The molecule has 0 unspecified atom stereocenters. The van der Waals surface area contributed by atoms with Gasteiger partial charge in [0, 0.05) is 12.6 Å². The summed E-state index contributed by atoms with van der Waals surface area (Å²) in [5.74, 6) is -1.05. The quantitative estimate of drug-likeness (QED) is 0.538. The Kier molecular flexibility index (Phi) is 4.70. The number of benzene rings is 2. The van der Waals surface area contributed by atoms with Gasteiger partial charge in [0.1, 0.15) is 11.6 Å². The van der Waals surface area contributed by atoms with Crippen molar-refractivity contribution in [1.82, 2.24) is 19.5 Å². The van der Waals surface area contributed by atoms with Crippen LogP contribution in [0.5, 0.6) is 0 Å². The third-order valence-corrected chi connectivity index (χ3v) is 4.99. The van der Waals surface area contributed by atoms with Gasteiger partial charge < -0.3 is 4.57 Å². The van der Waals surface area contributed by atoms with Crippen LogP contribution in [0.1, 0.15) is 23.1 Å². The summed E-state index contributed by atoms with van der Waals surface area (Å²) >= 11 is 0. The summed E-state index contributed by atoms with van der Waals surface area (Å²) < 4.78 is 28.6. The first-order chi connectivity index (χ1) is 13.8. The highest BCUT2D eigenvalue weighted by molar-refractivity contribution is 5.81. The molecule has 0 aliphatic carbocycles. The fourth-order valence-corrected chi connectivity index (χ4v) is 3.47. The number of H-pyrrole nitrogens is 1. The molecule has 0 spiro atoms. The zero-order valence-corrected chi connectivity index (χ0v) is 15.9. The number of fused-ring (bicyclic) bond motifs is 2. The average molecular weight is 396 g/mol. The highest BCUT2D eigenvalue weighted by atomic mass is 19.1. The van der Waals surface area contributed by atoms with Crippen molar-refractivity contribution in [3.8, 4) is 11.5 Å². The van der Waals surface area contributed by atoms with E-state index >= 15 is 0 Å². The van der Waals surface area contributed by atoms with Crippen molar-refractivity contribution in [1.29, 1.82) is 0 Å². The van der Waals surface area contributed by atoms with E-state index in [0.29, 0.717) is 30.5 Å². The third-order valence-electron chi connectivity index (χ3n) is 4.99. The van der Waals surface area contributed by atoms with Crippen molar-refractivity contribution in [3.05, 3.63) is 79.5 Å². The van der Waals surface area contributed by atoms with Crippen molar-refractivity contribution in [2.24, 2.45) is 0 Å². The van der Waals surface area contributed by atoms with Crippen LogP contribution in [0.3, 0.4) is 0 Å². The van der Waals surface area contributed by atoms with Gasteiger partial charge in [0.05, 0.1) is 11.0 Å². The zero-order valence-electron chi connectivity index (χ0n) is 15.9. The lowest BCUT2D eigenvalue weighted by atomic mass is 10.1. The molecule has 0 radical (unpaired) electrons. The van der Waals surface area contributed by atoms with Crippen LogP contribution in [0.4, 0.5) is 8.78 Å². The highest BCUT2D eigenvalue weighted by Gasteiger charge is 2.19. The second-order valence-electron chi connectivity index (χ2n) is 7.11. The Morgan fingerprint density at radius 1 is 0.966 bits per heavy atom. The first-order valence-corrected chi connectivity index (χ1v) is 9.18. The van der Waals surface area contributed by atoms with Crippen LogP contribution in [-0.4, -0.2) is 19.5 Å². The average Bonchev–Trinajstić information content (AvgIpc) is 2.63. The van der Waals surface area contributed by atoms with E-state index in [4.69, 9.17) is 0 Å². The fourth-order valence-electron chi connectivity index (χ4n) is 3.47. The van der Waals surface area contributed by atoms with Crippen LogP contribution in [0.25, 0.3) is 22.6 Å². The monoisotopic (exact) mass is 396 g/mol. The first kappa shape index (κ1) is 18.9. The van der Waals surface area contributed by atoms with Crippen LogP contribution in [0, 0.1) is 25.5 Å². The van der Waals surface area contributed by atoms with Gasteiger partial charge in [-0.25, -0.2) is 18.6 Å². The van der Waals surface area contributed by atoms with E-state index < -0.39 is 22.9 Å². The highest BCUT2D eigenvalue weighted by Crippen LogP contribution is 2.24. The molecule has 2 heterocycles. The van der Waals surface area contributed by atoms with E-state index in [9.17, 15) is 18.4 Å². The molecule has 0 saturated carbocycles. The molecule has 0 bridgehead atoms. The molecule has 0 saturated heterocycles. The minimum absolute atomic E-state index is 0.0807. The predicted molar refractivity (Wildman–Crippen MR) is 105 cm³/mol. The van der Waals surface area contributed by atoms with Gasteiger partial charge in [-0.1, -0.05) is 0 Å². The lowest BCUT2D eigenvalue weighted by Gasteiger charge is -2.17. The third kappa shape index (κ3) is 3.65. The summed E-state index contributed by atoms with van der Waals surface area (Å²) in [5, 5.41) is 0. The Bertz CT molecular complexity index is 1310. The summed E-state index contributed by atoms with van der Waals surface area (Å²) in [6.07, 6.45) is 0.947. The van der Waals surface area contributed by atoms with Gasteiger partial charge in [-0.05, 0) is 67.6 Å². The van der Waals surface area contributed by atoms with Gasteiger partial charge in [-0.15, -0.1) is 0 Å². The molecule has 0 aromatic heterocycles. The molecule has 0 amide bonds. The molecule has 1 N–H and O–H groups in total. The summed E-state index contributed by atoms with van der Waals surface area (Å²) in [5.41, 5.74) is 2.69. The zero-order chi connectivity index (χ0) is 20.7. The van der Waals surface area contributed by atoms with Crippen LogP contribution < -0.4 is 11.2 Å². The number of aromatic nitrogens is 4. The molecule has 8 heteroatoms. The van der Waals surface area contributed by atoms with Gasteiger partial charge in [-0.2, -0.15) is 4.98 Å². The van der Waals surface area contributed by atoms with Crippen LogP contribution in [0.2, 0.25) is 0 Å². The molecule has 2 aliphatic heterocycles. The maximum absolute atomic E-state index is 13.4. The number of hydrogen-bond acceptors (Lipinski definition) is 4. The van der Waals surface area contributed by atoms with Crippen molar-refractivity contribution >= 4 is 11.0 Å². The molecule has 4 rings (SSSR count). The standard InChI is InChI=1S/C21H18F2N4O2/c1-11-6-16-17(7-12(11)2)27(19-18(24-16)20(28)26-21(29)25-19)5-3-4-13-8-14(22)10-15(23)9-13/h6-10H,3-5H2,1-2H3,(H,26,28,29). The number of aryl methyl sites for hydroxylation is 4. The summed E-state index contributed by atoms with van der Waals surface area (Å²) in [4.78, 5) is 34.6. The maximum atomic E-state index is 13.4. The lowest BCUT2D eigenvalue weighted by Crippen LogP contribution is -2.29. The SMILES string of the molecule is Cc1cc2nc3c(=O)[nH]c(=O)nc-3n(CCCc3cc(F)cc(F)c3)c2cc1C. The Hall–Kier alpha value is -3.42. The molecular formula is C21H18F2N4O2. The van der Waals surface area contributed by atoms with Gasteiger partial charge in [0.25, 0.3) is 5.56 Å². The number of nitrogens with zero attached hydrogens (tertiary/aromatic N) is 3. The van der Waals surface area contributed by atoms with Gasteiger partial charge in [-0.3, -0.25) is 9.78 Å². The predicted octanol–water partition coefficient (Wildman–Crippen LogP) is 3.11. The van der Waals surface area contributed by atoms with Crippen molar-refractivity contribution in [2.45, 2.75) is 33.2 Å². The smallest absolute Gasteiger partial charge is 0.322 e. The minimum atomic E-state index is -0.742. The van der Waals surface area contributed by atoms with E-state index in [1.165, 1.54) is 12.1 Å². The Morgan fingerprint density at radius 3 is 2.38 bits per heavy atom. The maximum Gasteiger partial charge on any atom is 0.349 e. The number of aromatic amines is 1. The van der Waals surface area contributed by atoms with Crippen LogP contribution in [-0.2, 0) is 13.0 Å². The Balaban J connectivity index is 1.80. The molecule has 29 heavy (non-hydrogen) atoms. The van der Waals surface area contributed by atoms with Gasteiger partial charge in [0.2, 0.25) is 0 Å². The molecule has 2 aliphatic rings. The second-order valence-corrected chi connectivity index (χ2v) is 7.11. The van der Waals surface area contributed by atoms with E-state index in [1.54, 1.807) is 4.57 Å². The number of halogens is 2. The van der Waals surface area contributed by atoms with E-state index in [1.807, 2.05) is 26.0 Å². The summed E-state index contributed by atoms with van der Waals surface area (Å²) in [6, 6.07) is 7.24. The lowest BCUT2D eigenvalue weighted by molar-refractivity contribution is 0.575. The topological polar surface area (TPSA) is 80.6 Å². The summed E-state index contributed by atoms with van der Waals surface area (Å²) in [6.45, 7) is 4.31. The Morgan fingerprint density at radius 2 is 1.66 bits per heavy atom. The largest absolute Gasteiger partial charge is 0.349 e. The molecule has 148 valence electrons. The first-order valence-electron chi connectivity index (χ1n) is 9.18. The number of hydrogen-bond donors (Lipinski definition) is 1. The van der Waals surface area contributed by atoms with E-state index in [0.717, 1.165) is 22.7 Å². The molecule has 2 aromatic rings. The molecule has 0 atom stereocenters. The van der Waals surface area contributed by atoms with Crippen LogP contribution >= 0.6 is 0 Å². The number of rotatable bonds is 4. The van der Waals surface area contributed by atoms with Crippen LogP contribution in [0.15, 0.2) is 39.9 Å². The molecule has 0 fully saturated rings. The van der Waals surface area contributed by atoms with Crippen molar-refractivity contribution in [3.63, 3.8) is 0 Å². The minimum Gasteiger partial charge on any atom is -0.322 e. The van der Waals surface area contributed by atoms with Crippen molar-refractivity contribution in [2.75, 3.05) is 0 Å². The number of nitrogens with one attached hydrogen (secondary N) is 1. The second kappa shape index (κ2) is 7.20. The molecule has 6 nitrogen and oxygen atoms in total. The van der Waals surface area contributed by atoms with E-state index in [2.05, 4.69) is 15.0 Å². The summed E-state index contributed by atoms with van der Waals surface area (Å²) in [7, 11) is 0. The molecular weight excluding hydrogens is 378 g/mol. The van der Waals surface area contributed by atoms with Gasteiger partial charge >= 0.3 is 5.69 Å².